The molecule has 1 N–H and O–H groups in total. The van der Waals surface area contributed by atoms with Gasteiger partial charge in [0.1, 0.15) is 22.3 Å². The van der Waals surface area contributed by atoms with Crippen LogP contribution in [0.2, 0.25) is 0 Å². The zero-order valence-electron chi connectivity index (χ0n) is 14.8. The van der Waals surface area contributed by atoms with Crippen molar-refractivity contribution in [3.63, 3.8) is 0 Å². The zero-order chi connectivity index (χ0) is 17.4. The first-order chi connectivity index (χ1) is 11.4. The first kappa shape index (κ1) is 16.5. The minimum atomic E-state index is -0.524. The molecule has 0 aliphatic heterocycles. The van der Waals surface area contributed by atoms with Crippen molar-refractivity contribution in [3.05, 3.63) is 54.1 Å². The number of para-hydroxylation sites is 1. The highest BCUT2D eigenvalue weighted by atomic mass is 16.3. The average molecular weight is 323 g/mol. The fourth-order valence-corrected chi connectivity index (χ4v) is 3.34. The lowest BCUT2D eigenvalue weighted by atomic mass is 9.74. The number of hydrogen-bond donors (Lipinski definition) is 1. The van der Waals surface area contributed by atoms with Crippen molar-refractivity contribution in [1.29, 1.82) is 0 Å². The number of nitrogens with zero attached hydrogens (tertiary/aromatic N) is 3. The van der Waals surface area contributed by atoms with Gasteiger partial charge in [-0.25, -0.2) is 0 Å². The van der Waals surface area contributed by atoms with Gasteiger partial charge in [-0.2, -0.15) is 15.0 Å². The van der Waals surface area contributed by atoms with E-state index in [-0.39, 0.29) is 11.2 Å². The highest BCUT2D eigenvalue weighted by molar-refractivity contribution is 5.73. The quantitative estimate of drug-likeness (QED) is 0.738. The third-order valence-electron chi connectivity index (χ3n) is 4.99. The van der Waals surface area contributed by atoms with Crippen LogP contribution in [0.15, 0.2) is 48.5 Å². The van der Waals surface area contributed by atoms with Crippen molar-refractivity contribution < 1.29 is 5.11 Å². The zero-order valence-corrected chi connectivity index (χ0v) is 14.8. The predicted molar refractivity (Wildman–Crippen MR) is 97.1 cm³/mol. The van der Waals surface area contributed by atoms with Gasteiger partial charge in [-0.05, 0) is 37.0 Å². The van der Waals surface area contributed by atoms with E-state index in [1.165, 1.54) is 0 Å². The highest BCUT2D eigenvalue weighted by Gasteiger charge is 2.38. The van der Waals surface area contributed by atoms with Crippen LogP contribution in [0.5, 0.6) is 5.75 Å². The van der Waals surface area contributed by atoms with E-state index >= 15 is 0 Å². The van der Waals surface area contributed by atoms with Crippen LogP contribution in [0.4, 0.5) is 0 Å². The molecule has 0 aliphatic rings. The molecule has 3 aromatic rings. The lowest BCUT2D eigenvalue weighted by Crippen LogP contribution is -2.38. The van der Waals surface area contributed by atoms with Gasteiger partial charge in [0, 0.05) is 5.56 Å². The lowest BCUT2D eigenvalue weighted by molar-refractivity contribution is 0.178. The van der Waals surface area contributed by atoms with Gasteiger partial charge in [-0.15, -0.1) is 0 Å². The Bertz CT molecular complexity index is 820. The first-order valence-electron chi connectivity index (χ1n) is 8.47. The van der Waals surface area contributed by atoms with Crippen molar-refractivity contribution in [2.45, 2.75) is 46.1 Å². The van der Waals surface area contributed by atoms with Crippen molar-refractivity contribution in [1.82, 2.24) is 15.0 Å². The van der Waals surface area contributed by atoms with Gasteiger partial charge in [0.2, 0.25) is 0 Å². The second kappa shape index (κ2) is 5.93. The molecule has 3 rings (SSSR count). The van der Waals surface area contributed by atoms with Crippen LogP contribution < -0.4 is 0 Å². The molecule has 0 aliphatic carbocycles. The van der Waals surface area contributed by atoms with Crippen LogP contribution in [-0.2, 0) is 5.54 Å². The van der Waals surface area contributed by atoms with E-state index in [4.69, 9.17) is 10.2 Å². The summed E-state index contributed by atoms with van der Waals surface area (Å²) in [5.41, 5.74) is 2.16. The van der Waals surface area contributed by atoms with Gasteiger partial charge < -0.3 is 5.11 Å². The largest absolute Gasteiger partial charge is 0.508 e. The number of rotatable bonds is 5. The number of hydrogen-bond acceptors (Lipinski definition) is 3. The van der Waals surface area contributed by atoms with Crippen LogP contribution >= 0.6 is 0 Å². The number of phenolic OH excluding ortho intramolecular Hbond substituents is 1. The molecule has 0 amide bonds. The summed E-state index contributed by atoms with van der Waals surface area (Å²) in [4.78, 5) is 1.78. The van der Waals surface area contributed by atoms with E-state index in [0.29, 0.717) is 0 Å². The fraction of sp³-hybridized carbons (Fsp3) is 0.400. The monoisotopic (exact) mass is 323 g/mol. The summed E-state index contributed by atoms with van der Waals surface area (Å²) >= 11 is 0. The summed E-state index contributed by atoms with van der Waals surface area (Å²) in [6.45, 7) is 8.79. The molecule has 0 radical (unpaired) electrons. The van der Waals surface area contributed by atoms with Gasteiger partial charge in [-0.1, -0.05) is 57.5 Å². The molecule has 24 heavy (non-hydrogen) atoms. The molecule has 1 heterocycles. The van der Waals surface area contributed by atoms with Crippen LogP contribution in [0.3, 0.4) is 0 Å². The maximum Gasteiger partial charge on any atom is 0.121 e. The van der Waals surface area contributed by atoms with Gasteiger partial charge in [0.05, 0.1) is 0 Å². The molecule has 4 nitrogen and oxygen atoms in total. The molecule has 1 unspecified atom stereocenters. The summed E-state index contributed by atoms with van der Waals surface area (Å²) in [6, 6.07) is 15.4. The highest BCUT2D eigenvalue weighted by Crippen LogP contribution is 2.42. The number of phenols is 1. The molecular weight excluding hydrogens is 298 g/mol. The predicted octanol–water partition coefficient (Wildman–Crippen LogP) is 4.73. The Hall–Kier alpha value is -2.36. The SMILES string of the molecule is CCC(C)(C)CC(C)(c1ccccc1O)n1nc2ccccc2n1. The molecule has 0 spiro atoms. The number of aromatic nitrogens is 3. The van der Waals surface area contributed by atoms with Crippen molar-refractivity contribution in [2.75, 3.05) is 0 Å². The molecule has 4 heteroatoms. The topological polar surface area (TPSA) is 50.9 Å². The molecule has 126 valence electrons. The molecular formula is C20H25N3O. The third kappa shape index (κ3) is 2.88. The number of fused-ring (bicyclic) bond motifs is 1. The Labute approximate surface area is 143 Å². The molecule has 0 fully saturated rings. The molecule has 2 aromatic carbocycles. The standard InChI is InChI=1S/C20H25N3O/c1-5-19(2,3)14-20(4,15-10-6-9-13-18(15)24)23-21-16-11-7-8-12-17(16)22-23/h6-13,24H,5,14H2,1-4H3. The Morgan fingerprint density at radius 1 is 0.917 bits per heavy atom. The average Bonchev–Trinajstić information content (AvgIpc) is 2.99. The van der Waals surface area contributed by atoms with Crippen LogP contribution in [-0.4, -0.2) is 20.1 Å². The maximum absolute atomic E-state index is 10.5. The summed E-state index contributed by atoms with van der Waals surface area (Å²) in [6.07, 6.45) is 1.87. The van der Waals surface area contributed by atoms with Crippen molar-refractivity contribution >= 4 is 11.0 Å². The van der Waals surface area contributed by atoms with Crippen LogP contribution in [0.25, 0.3) is 11.0 Å². The Morgan fingerprint density at radius 3 is 2.00 bits per heavy atom. The molecule has 0 saturated carbocycles. The second-order valence-corrected chi connectivity index (χ2v) is 7.46. The third-order valence-corrected chi connectivity index (χ3v) is 4.99. The van der Waals surface area contributed by atoms with Crippen molar-refractivity contribution in [3.8, 4) is 5.75 Å². The van der Waals surface area contributed by atoms with Crippen LogP contribution in [0.1, 0.15) is 46.1 Å². The minimum absolute atomic E-state index is 0.0941. The fourth-order valence-electron chi connectivity index (χ4n) is 3.34. The lowest BCUT2D eigenvalue weighted by Gasteiger charge is -2.37. The Kier molecular flexibility index (Phi) is 4.08. The van der Waals surface area contributed by atoms with E-state index in [9.17, 15) is 5.11 Å². The van der Waals surface area contributed by atoms with E-state index in [1.807, 2.05) is 42.5 Å². The Balaban J connectivity index is 2.19. The molecule has 0 bridgehead atoms. The molecule has 1 aromatic heterocycles. The van der Waals surface area contributed by atoms with E-state index in [1.54, 1.807) is 10.9 Å². The number of benzene rings is 2. The molecule has 0 saturated heterocycles. The van der Waals surface area contributed by atoms with Crippen LogP contribution in [0, 0.1) is 5.41 Å². The Morgan fingerprint density at radius 2 is 1.46 bits per heavy atom. The first-order valence-corrected chi connectivity index (χ1v) is 8.47. The van der Waals surface area contributed by atoms with Gasteiger partial charge >= 0.3 is 0 Å². The normalized spacial score (nSPS) is 14.7. The minimum Gasteiger partial charge on any atom is -0.508 e. The summed E-state index contributed by atoms with van der Waals surface area (Å²) in [5.74, 6) is 0.285. The van der Waals surface area contributed by atoms with Gasteiger partial charge in [-0.3, -0.25) is 0 Å². The second-order valence-electron chi connectivity index (χ2n) is 7.46. The van der Waals surface area contributed by atoms with E-state index < -0.39 is 5.54 Å². The van der Waals surface area contributed by atoms with E-state index in [0.717, 1.165) is 29.4 Å². The van der Waals surface area contributed by atoms with E-state index in [2.05, 4.69) is 27.7 Å². The van der Waals surface area contributed by atoms with Crippen molar-refractivity contribution in [2.24, 2.45) is 5.41 Å². The summed E-state index contributed by atoms with van der Waals surface area (Å²) in [7, 11) is 0. The van der Waals surface area contributed by atoms with Gasteiger partial charge in [0.15, 0.2) is 0 Å². The molecule has 1 atom stereocenters. The van der Waals surface area contributed by atoms with Gasteiger partial charge in [0.25, 0.3) is 0 Å². The summed E-state index contributed by atoms with van der Waals surface area (Å²) in [5, 5.41) is 19.9. The number of aromatic hydroxyl groups is 1. The maximum atomic E-state index is 10.5. The summed E-state index contributed by atoms with van der Waals surface area (Å²) < 4.78 is 0. The smallest absolute Gasteiger partial charge is 0.121 e.